The first-order chi connectivity index (χ1) is 19.4. The minimum Gasteiger partial charge on any atom is -0.496 e. The number of ether oxygens (including phenoxy) is 2. The van der Waals surface area contributed by atoms with E-state index in [0.717, 1.165) is 0 Å². The molecule has 40 heavy (non-hydrogen) atoms. The van der Waals surface area contributed by atoms with Gasteiger partial charge in [0, 0.05) is 5.69 Å². The van der Waals surface area contributed by atoms with E-state index < -0.39 is 30.0 Å². The monoisotopic (exact) mass is 543 g/mol. The highest BCUT2D eigenvalue weighted by Crippen LogP contribution is 2.35. The number of hydrogen-bond acceptors (Lipinski definition) is 6. The molecule has 2 N–H and O–H groups in total. The van der Waals surface area contributed by atoms with Gasteiger partial charge in [-0.05, 0) is 59.7 Å². The van der Waals surface area contributed by atoms with Crippen LogP contribution in [-0.4, -0.2) is 36.0 Å². The highest BCUT2D eigenvalue weighted by atomic mass is 19.1. The fourth-order valence-electron chi connectivity index (χ4n) is 4.48. The number of furan rings is 1. The number of carbonyl (C=O) groups is 3. The summed E-state index contributed by atoms with van der Waals surface area (Å²) in [5, 5.41) is 5.62. The molecule has 0 saturated carbocycles. The summed E-state index contributed by atoms with van der Waals surface area (Å²) in [5.74, 6) is -0.202. The molecule has 5 rings (SSSR count). The van der Waals surface area contributed by atoms with Crippen molar-refractivity contribution in [2.24, 2.45) is 0 Å². The maximum atomic E-state index is 13.4. The summed E-state index contributed by atoms with van der Waals surface area (Å²) in [6, 6.07) is 21.7. The summed E-state index contributed by atoms with van der Waals surface area (Å²) in [5.41, 5.74) is 2.08. The van der Waals surface area contributed by atoms with Crippen LogP contribution in [0.3, 0.4) is 0 Å². The summed E-state index contributed by atoms with van der Waals surface area (Å²) in [7, 11) is 1.49. The van der Waals surface area contributed by atoms with Crippen molar-refractivity contribution in [3.63, 3.8) is 0 Å². The van der Waals surface area contributed by atoms with Gasteiger partial charge >= 0.3 is 6.09 Å². The number of para-hydroxylation sites is 1. The van der Waals surface area contributed by atoms with Crippen LogP contribution in [0.1, 0.15) is 33.3 Å². The van der Waals surface area contributed by atoms with E-state index in [4.69, 9.17) is 13.9 Å². The molecule has 1 aliphatic rings. The second-order valence-electron chi connectivity index (χ2n) is 9.08. The number of rotatable bonds is 9. The molecule has 0 radical (unpaired) electrons. The van der Waals surface area contributed by atoms with Gasteiger partial charge in [-0.2, -0.15) is 0 Å². The van der Waals surface area contributed by atoms with Crippen molar-refractivity contribution in [2.45, 2.75) is 25.2 Å². The summed E-state index contributed by atoms with van der Waals surface area (Å²) in [6.45, 7) is 0.170. The number of halogens is 1. The smallest absolute Gasteiger partial charge is 0.411 e. The van der Waals surface area contributed by atoms with E-state index in [2.05, 4.69) is 10.6 Å². The first-order valence-corrected chi connectivity index (χ1v) is 12.5. The maximum Gasteiger partial charge on any atom is 0.411 e. The minimum absolute atomic E-state index is 0.0432. The minimum atomic E-state index is -1.01. The van der Waals surface area contributed by atoms with E-state index >= 15 is 0 Å². The lowest BCUT2D eigenvalue weighted by Crippen LogP contribution is -2.46. The fourth-order valence-corrected chi connectivity index (χ4v) is 4.48. The van der Waals surface area contributed by atoms with Gasteiger partial charge in [-0.3, -0.25) is 14.5 Å². The van der Waals surface area contributed by atoms with E-state index in [9.17, 15) is 18.8 Å². The van der Waals surface area contributed by atoms with Crippen molar-refractivity contribution in [1.29, 1.82) is 0 Å². The van der Waals surface area contributed by atoms with Gasteiger partial charge in [-0.25, -0.2) is 9.18 Å². The van der Waals surface area contributed by atoms with Gasteiger partial charge in [0.2, 0.25) is 5.91 Å². The Kier molecular flexibility index (Phi) is 7.77. The highest BCUT2D eigenvalue weighted by molar-refractivity contribution is 6.06. The van der Waals surface area contributed by atoms with Gasteiger partial charge in [-0.15, -0.1) is 0 Å². The first-order valence-electron chi connectivity index (χ1n) is 12.5. The summed E-state index contributed by atoms with van der Waals surface area (Å²) >= 11 is 0. The maximum absolute atomic E-state index is 13.4. The molecular formula is C30H26FN3O6. The molecule has 1 fully saturated rings. The Hall–Kier alpha value is -5.12. The number of cyclic esters (lactones) is 1. The molecule has 0 bridgehead atoms. The molecular weight excluding hydrogens is 517 g/mol. The summed E-state index contributed by atoms with van der Waals surface area (Å²) in [6.07, 6.45) is -0.105. The Balaban J connectivity index is 1.36. The third-order valence-electron chi connectivity index (χ3n) is 6.49. The number of carbonyl (C=O) groups excluding carboxylic acids is 3. The third kappa shape index (κ3) is 5.80. The molecule has 3 amide bonds. The van der Waals surface area contributed by atoms with E-state index in [-0.39, 0.29) is 19.0 Å². The second-order valence-corrected chi connectivity index (χ2v) is 9.08. The lowest BCUT2D eigenvalue weighted by Gasteiger charge is -2.24. The molecule has 2 atom stereocenters. The van der Waals surface area contributed by atoms with Crippen LogP contribution >= 0.6 is 0 Å². The van der Waals surface area contributed by atoms with Crippen molar-refractivity contribution >= 4 is 23.6 Å². The zero-order valence-corrected chi connectivity index (χ0v) is 21.5. The molecule has 10 heteroatoms. The van der Waals surface area contributed by atoms with Crippen molar-refractivity contribution in [2.75, 3.05) is 12.4 Å². The van der Waals surface area contributed by atoms with Gasteiger partial charge in [0.1, 0.15) is 17.3 Å². The molecule has 0 spiro atoms. The van der Waals surface area contributed by atoms with Gasteiger partial charge in [0.15, 0.2) is 12.1 Å². The predicted octanol–water partition coefficient (Wildman–Crippen LogP) is 5.06. The van der Waals surface area contributed by atoms with Crippen LogP contribution in [0.4, 0.5) is 14.9 Å². The zero-order valence-electron chi connectivity index (χ0n) is 21.5. The Morgan fingerprint density at radius 1 is 0.975 bits per heavy atom. The van der Waals surface area contributed by atoms with Crippen molar-refractivity contribution in [3.05, 3.63) is 119 Å². The van der Waals surface area contributed by atoms with Crippen LogP contribution in [-0.2, 0) is 22.6 Å². The average molecular weight is 544 g/mol. The molecule has 3 aromatic carbocycles. The normalized spacial score (nSPS) is 16.4. The van der Waals surface area contributed by atoms with Crippen LogP contribution in [0.15, 0.2) is 95.6 Å². The topological polar surface area (TPSA) is 110 Å². The number of hydrogen-bond donors (Lipinski definition) is 2. The second kappa shape index (κ2) is 11.7. The van der Waals surface area contributed by atoms with E-state index in [0.29, 0.717) is 33.9 Å². The van der Waals surface area contributed by atoms with Crippen LogP contribution in [0, 0.1) is 5.82 Å². The van der Waals surface area contributed by atoms with Gasteiger partial charge < -0.3 is 24.5 Å². The molecule has 1 aromatic heterocycles. The molecule has 9 nitrogen and oxygen atoms in total. The number of anilines is 1. The Morgan fingerprint density at radius 2 is 1.73 bits per heavy atom. The third-order valence-corrected chi connectivity index (χ3v) is 6.49. The van der Waals surface area contributed by atoms with Crippen molar-refractivity contribution in [1.82, 2.24) is 10.2 Å². The van der Waals surface area contributed by atoms with Gasteiger partial charge in [-0.1, -0.05) is 36.4 Å². The summed E-state index contributed by atoms with van der Waals surface area (Å²) in [4.78, 5) is 40.5. The Morgan fingerprint density at radius 3 is 2.42 bits per heavy atom. The number of methoxy groups -OCH3 is 1. The van der Waals surface area contributed by atoms with Crippen molar-refractivity contribution in [3.8, 4) is 5.75 Å². The molecule has 2 heterocycles. The molecule has 2 unspecified atom stereocenters. The summed E-state index contributed by atoms with van der Waals surface area (Å²) < 4.78 is 29.7. The van der Waals surface area contributed by atoms with Crippen molar-refractivity contribution < 1.29 is 32.7 Å². The van der Waals surface area contributed by atoms with Gasteiger partial charge in [0.05, 0.1) is 32.0 Å². The SMILES string of the molecule is COc1ccccc1C(=O)Nc1ccc(C2OC(=O)N(Cc3ccc(F)cc3)C2C(=O)NCc2ccco2)cc1. The molecule has 1 aliphatic heterocycles. The first kappa shape index (κ1) is 26.5. The lowest BCUT2D eigenvalue weighted by molar-refractivity contribution is -0.126. The standard InChI is InChI=1S/C30H26FN3O6/c1-38-25-7-3-2-6-24(25)28(35)33-22-14-10-20(11-15-22)27-26(29(36)32-17-23-5-4-16-39-23)34(30(37)40-27)18-19-8-12-21(31)13-9-19/h2-16,26-27H,17-18H2,1H3,(H,32,36)(H,33,35). The quantitative estimate of drug-likeness (QED) is 0.306. The molecule has 4 aromatic rings. The van der Waals surface area contributed by atoms with E-state index in [1.54, 1.807) is 72.8 Å². The van der Waals surface area contributed by atoms with Crippen LogP contribution < -0.4 is 15.4 Å². The highest BCUT2D eigenvalue weighted by Gasteiger charge is 2.47. The fraction of sp³-hybridized carbons (Fsp3) is 0.167. The van der Waals surface area contributed by atoms with E-state index in [1.165, 1.54) is 30.4 Å². The Labute approximate surface area is 229 Å². The molecule has 1 saturated heterocycles. The van der Waals surface area contributed by atoms with Gasteiger partial charge in [0.25, 0.3) is 5.91 Å². The Bertz CT molecular complexity index is 1490. The van der Waals surface area contributed by atoms with Crippen LogP contribution in [0.5, 0.6) is 5.75 Å². The number of nitrogens with one attached hydrogen (secondary N) is 2. The molecule has 204 valence electrons. The molecule has 0 aliphatic carbocycles. The average Bonchev–Trinajstić information content (AvgIpc) is 3.61. The zero-order chi connectivity index (χ0) is 28.1. The number of amides is 3. The van der Waals surface area contributed by atoms with Crippen LogP contribution in [0.2, 0.25) is 0 Å². The van der Waals surface area contributed by atoms with Crippen LogP contribution in [0.25, 0.3) is 0 Å². The largest absolute Gasteiger partial charge is 0.496 e. The predicted molar refractivity (Wildman–Crippen MR) is 143 cm³/mol. The van der Waals surface area contributed by atoms with E-state index in [1.807, 2.05) is 0 Å². The number of nitrogens with zero attached hydrogens (tertiary/aromatic N) is 1. The number of benzene rings is 3. The lowest BCUT2D eigenvalue weighted by atomic mass is 10.00.